The lowest BCUT2D eigenvalue weighted by Gasteiger charge is -2.09. The number of hydrogen-bond donors (Lipinski definition) is 1. The van der Waals surface area contributed by atoms with Crippen LogP contribution >= 0.6 is 0 Å². The van der Waals surface area contributed by atoms with Gasteiger partial charge >= 0.3 is 0 Å². The van der Waals surface area contributed by atoms with Gasteiger partial charge in [0.1, 0.15) is 0 Å². The van der Waals surface area contributed by atoms with Crippen molar-refractivity contribution in [2.45, 2.75) is 64.7 Å². The minimum Gasteiger partial charge on any atom is -0.394 e. The molecule has 66 heavy (non-hydrogen) atoms. The van der Waals surface area contributed by atoms with Gasteiger partial charge in [0.2, 0.25) is 0 Å². The fourth-order valence-electron chi connectivity index (χ4n) is 5.42. The second-order valence-electron chi connectivity index (χ2n) is 14.6. The van der Waals surface area contributed by atoms with Crippen LogP contribution in [0.3, 0.4) is 0 Å². The van der Waals surface area contributed by atoms with Crippen molar-refractivity contribution in [2.24, 2.45) is 0 Å². The average Bonchev–Trinajstić information content (AvgIpc) is 3.33. The smallest absolute Gasteiger partial charge is 0.0701 e. The zero-order valence-electron chi connectivity index (χ0n) is 41.3. The highest BCUT2D eigenvalue weighted by Crippen LogP contribution is 2.09. The Morgan fingerprint density at radius 2 is 0.303 bits per heavy atom. The van der Waals surface area contributed by atoms with Crippen molar-refractivity contribution < 1.29 is 90.4 Å². The second-order valence-corrected chi connectivity index (χ2v) is 14.6. The molecular formula is C47H96O19. The first-order chi connectivity index (χ1) is 32.9. The third kappa shape index (κ3) is 63.2. The molecule has 0 radical (unpaired) electrons. The van der Waals surface area contributed by atoms with Crippen LogP contribution < -0.4 is 0 Å². The zero-order valence-corrected chi connectivity index (χ0v) is 41.3. The Labute approximate surface area is 398 Å². The fraction of sp³-hybridized carbons (Fsp3) is 1.00. The van der Waals surface area contributed by atoms with Crippen LogP contribution in [-0.4, -0.2) is 250 Å². The molecule has 0 spiro atoms. The molecule has 0 unspecified atom stereocenters. The van der Waals surface area contributed by atoms with Crippen LogP contribution in [-0.2, 0) is 85.3 Å². The second kappa shape index (κ2) is 64.2. The number of unbranched alkanes of at least 4 members (excludes halogenated alkanes) is 8. The maximum Gasteiger partial charge on any atom is 0.0701 e. The van der Waals surface area contributed by atoms with Crippen LogP contribution in [0.1, 0.15) is 64.7 Å². The van der Waals surface area contributed by atoms with Gasteiger partial charge in [-0.25, -0.2) is 0 Å². The van der Waals surface area contributed by atoms with E-state index in [0.29, 0.717) is 231 Å². The number of ether oxygens (including phenoxy) is 18. The Bertz CT molecular complexity index is 761. The van der Waals surface area contributed by atoms with Gasteiger partial charge in [0, 0.05) is 6.61 Å². The lowest BCUT2D eigenvalue weighted by atomic mass is 10.1. The molecule has 398 valence electrons. The first-order valence-electron chi connectivity index (χ1n) is 24.9. The SMILES string of the molecule is CCCCCCCCCCCOCCOCCOCCOCCOCCOCCOCCOCCOCCOCCOCCOCCOCCOCCOCCOCCOCCOCCO. The summed E-state index contributed by atoms with van der Waals surface area (Å²) in [5.41, 5.74) is 0. The third-order valence-corrected chi connectivity index (χ3v) is 8.95. The highest BCUT2D eigenvalue weighted by molar-refractivity contribution is 4.47. The van der Waals surface area contributed by atoms with E-state index in [0.717, 1.165) is 13.0 Å². The Balaban J connectivity index is 3.06. The molecule has 0 aromatic rings. The predicted molar refractivity (Wildman–Crippen MR) is 249 cm³/mol. The van der Waals surface area contributed by atoms with Crippen LogP contribution in [0, 0.1) is 0 Å². The summed E-state index contributed by atoms with van der Waals surface area (Å²) in [5.74, 6) is 0. The van der Waals surface area contributed by atoms with E-state index >= 15 is 0 Å². The first-order valence-corrected chi connectivity index (χ1v) is 24.9. The predicted octanol–water partition coefficient (Wildman–Crippen LogP) is 3.81. The molecule has 0 aromatic heterocycles. The molecule has 0 aliphatic rings. The van der Waals surface area contributed by atoms with Crippen molar-refractivity contribution in [3.8, 4) is 0 Å². The largest absolute Gasteiger partial charge is 0.394 e. The summed E-state index contributed by atoms with van der Waals surface area (Å²) < 4.78 is 98.7. The molecule has 19 heteroatoms. The van der Waals surface area contributed by atoms with Crippen LogP contribution in [0.25, 0.3) is 0 Å². The molecule has 0 aliphatic carbocycles. The molecule has 0 saturated carbocycles. The van der Waals surface area contributed by atoms with Crippen molar-refractivity contribution in [3.05, 3.63) is 0 Å². The van der Waals surface area contributed by atoms with Gasteiger partial charge < -0.3 is 90.4 Å². The van der Waals surface area contributed by atoms with Crippen LogP contribution in [0.5, 0.6) is 0 Å². The summed E-state index contributed by atoms with van der Waals surface area (Å²) >= 11 is 0. The molecule has 0 fully saturated rings. The maximum absolute atomic E-state index is 8.60. The summed E-state index contributed by atoms with van der Waals surface area (Å²) in [6.45, 7) is 20.8. The highest BCUT2D eigenvalue weighted by atomic mass is 16.6. The molecule has 0 atom stereocenters. The van der Waals surface area contributed by atoms with Crippen molar-refractivity contribution in [1.82, 2.24) is 0 Å². The number of hydrogen-bond acceptors (Lipinski definition) is 19. The first kappa shape index (κ1) is 65.2. The van der Waals surface area contributed by atoms with E-state index in [-0.39, 0.29) is 6.61 Å². The van der Waals surface area contributed by atoms with Gasteiger partial charge in [-0.3, -0.25) is 0 Å². The van der Waals surface area contributed by atoms with Gasteiger partial charge in [-0.1, -0.05) is 58.3 Å². The molecule has 0 aromatic carbocycles. The van der Waals surface area contributed by atoms with E-state index in [2.05, 4.69) is 6.92 Å². The fourth-order valence-corrected chi connectivity index (χ4v) is 5.42. The summed E-state index contributed by atoms with van der Waals surface area (Å²) in [4.78, 5) is 0. The third-order valence-electron chi connectivity index (χ3n) is 8.95. The van der Waals surface area contributed by atoms with Crippen molar-refractivity contribution in [2.75, 3.05) is 244 Å². The quantitative estimate of drug-likeness (QED) is 0.0867. The molecule has 0 bridgehead atoms. The van der Waals surface area contributed by atoms with E-state index in [1.165, 1.54) is 51.4 Å². The summed E-state index contributed by atoms with van der Waals surface area (Å²) in [5, 5.41) is 8.60. The van der Waals surface area contributed by atoms with Crippen molar-refractivity contribution in [3.63, 3.8) is 0 Å². The topological polar surface area (TPSA) is 186 Å². The molecular weight excluding hydrogens is 868 g/mol. The standard InChI is InChI=1S/C47H96O19/c1-2-3-4-5-6-7-8-9-10-12-49-14-16-51-18-20-53-22-24-55-26-28-57-30-32-59-34-36-61-38-40-63-42-44-65-46-47-66-45-43-64-41-39-62-37-35-60-33-31-58-29-27-56-25-23-54-21-19-52-17-15-50-13-11-48/h48H,2-47H2,1H3. The van der Waals surface area contributed by atoms with E-state index in [1.807, 2.05) is 0 Å². The lowest BCUT2D eigenvalue weighted by Crippen LogP contribution is -2.16. The summed E-state index contributed by atoms with van der Waals surface area (Å²) in [7, 11) is 0. The molecule has 0 saturated heterocycles. The van der Waals surface area contributed by atoms with Crippen LogP contribution in [0.15, 0.2) is 0 Å². The molecule has 19 nitrogen and oxygen atoms in total. The summed E-state index contributed by atoms with van der Waals surface area (Å²) in [6.07, 6.45) is 11.9. The van der Waals surface area contributed by atoms with Crippen molar-refractivity contribution in [1.29, 1.82) is 0 Å². The van der Waals surface area contributed by atoms with Crippen LogP contribution in [0.2, 0.25) is 0 Å². The van der Waals surface area contributed by atoms with Gasteiger partial charge in [0.25, 0.3) is 0 Å². The monoisotopic (exact) mass is 965 g/mol. The van der Waals surface area contributed by atoms with Gasteiger partial charge in [0.05, 0.1) is 238 Å². The van der Waals surface area contributed by atoms with Crippen LogP contribution in [0.4, 0.5) is 0 Å². The average molecular weight is 965 g/mol. The molecule has 0 aliphatic heterocycles. The van der Waals surface area contributed by atoms with Gasteiger partial charge in [-0.2, -0.15) is 0 Å². The normalized spacial score (nSPS) is 11.7. The van der Waals surface area contributed by atoms with E-state index < -0.39 is 0 Å². The zero-order chi connectivity index (χ0) is 47.3. The highest BCUT2D eigenvalue weighted by Gasteiger charge is 1.99. The Morgan fingerprint density at radius 3 is 0.470 bits per heavy atom. The van der Waals surface area contributed by atoms with Gasteiger partial charge in [-0.15, -0.1) is 0 Å². The Morgan fingerprint density at radius 1 is 0.167 bits per heavy atom. The van der Waals surface area contributed by atoms with Gasteiger partial charge in [0.15, 0.2) is 0 Å². The van der Waals surface area contributed by atoms with E-state index in [1.54, 1.807) is 0 Å². The minimum absolute atomic E-state index is 0.0213. The van der Waals surface area contributed by atoms with Gasteiger partial charge in [-0.05, 0) is 6.42 Å². The molecule has 0 heterocycles. The molecule has 0 amide bonds. The molecule has 0 rings (SSSR count). The van der Waals surface area contributed by atoms with E-state index in [4.69, 9.17) is 90.4 Å². The Hall–Kier alpha value is -0.760. The number of aliphatic hydroxyl groups excluding tert-OH is 1. The van der Waals surface area contributed by atoms with Crippen molar-refractivity contribution >= 4 is 0 Å². The lowest BCUT2D eigenvalue weighted by molar-refractivity contribution is -0.0310. The minimum atomic E-state index is 0.0213. The maximum atomic E-state index is 8.60. The number of aliphatic hydroxyl groups is 1. The van der Waals surface area contributed by atoms with E-state index in [9.17, 15) is 0 Å². The Kier molecular flexibility index (Phi) is 63.5. The number of rotatable bonds is 63. The molecule has 1 N–H and O–H groups in total. The summed E-state index contributed by atoms with van der Waals surface area (Å²) in [6, 6.07) is 0.